The van der Waals surface area contributed by atoms with E-state index in [4.69, 9.17) is 4.74 Å². The van der Waals surface area contributed by atoms with Gasteiger partial charge < -0.3 is 4.74 Å². The number of benzene rings is 2. The van der Waals surface area contributed by atoms with Gasteiger partial charge in [0, 0.05) is 5.39 Å². The van der Waals surface area contributed by atoms with Gasteiger partial charge in [-0.25, -0.2) is 0 Å². The number of fused-ring (bicyclic) bond motifs is 1. The molecule has 0 spiro atoms. The van der Waals surface area contributed by atoms with Crippen LogP contribution in [0, 0.1) is 6.92 Å². The van der Waals surface area contributed by atoms with Gasteiger partial charge in [-0.2, -0.15) is 0 Å². The Hall–Kier alpha value is -1.50. The molecule has 0 aromatic heterocycles. The molecule has 0 amide bonds. The summed E-state index contributed by atoms with van der Waals surface area (Å²) in [7, 11) is 1.73. The summed E-state index contributed by atoms with van der Waals surface area (Å²) in [5, 5.41) is 2.53. The molecule has 15 heavy (non-hydrogen) atoms. The van der Waals surface area contributed by atoms with Crippen LogP contribution in [-0.4, -0.2) is 7.11 Å². The van der Waals surface area contributed by atoms with E-state index < -0.39 is 0 Å². The minimum absolute atomic E-state index is 0.973. The minimum atomic E-state index is 0.973. The van der Waals surface area contributed by atoms with Gasteiger partial charge >= 0.3 is 0 Å². The summed E-state index contributed by atoms with van der Waals surface area (Å²) in [5.41, 5.74) is 2.74. The van der Waals surface area contributed by atoms with E-state index in [1.165, 1.54) is 21.9 Å². The number of rotatable bonds is 2. The van der Waals surface area contributed by atoms with E-state index in [9.17, 15) is 0 Å². The third-order valence-electron chi connectivity index (χ3n) is 2.91. The number of methoxy groups -OCH3 is 1. The fourth-order valence-electron chi connectivity index (χ4n) is 2.17. The van der Waals surface area contributed by atoms with Crippen LogP contribution in [0.3, 0.4) is 0 Å². The normalized spacial score (nSPS) is 10.6. The Morgan fingerprint density at radius 2 is 1.80 bits per heavy atom. The van der Waals surface area contributed by atoms with Crippen LogP contribution >= 0.6 is 0 Å². The van der Waals surface area contributed by atoms with Crippen molar-refractivity contribution in [2.45, 2.75) is 20.3 Å². The number of hydrogen-bond donors (Lipinski definition) is 0. The molecule has 0 aliphatic rings. The second-order valence-electron chi connectivity index (χ2n) is 3.77. The fraction of sp³-hybridized carbons (Fsp3) is 0.286. The molecule has 2 rings (SSSR count). The highest BCUT2D eigenvalue weighted by molar-refractivity contribution is 5.92. The molecule has 2 aromatic rings. The van der Waals surface area contributed by atoms with Crippen LogP contribution in [0.5, 0.6) is 5.75 Å². The first-order chi connectivity index (χ1) is 7.27. The SMILES string of the molecule is CCc1c(C)cc(OC)c2ccccc12. The summed E-state index contributed by atoms with van der Waals surface area (Å²) < 4.78 is 5.41. The lowest BCUT2D eigenvalue weighted by Crippen LogP contribution is -1.93. The number of hydrogen-bond acceptors (Lipinski definition) is 1. The number of aryl methyl sites for hydroxylation is 2. The van der Waals surface area contributed by atoms with E-state index in [-0.39, 0.29) is 0 Å². The lowest BCUT2D eigenvalue weighted by Gasteiger charge is -2.12. The Kier molecular flexibility index (Phi) is 2.63. The van der Waals surface area contributed by atoms with E-state index >= 15 is 0 Å². The molecule has 78 valence electrons. The maximum absolute atomic E-state index is 5.41. The fourth-order valence-corrected chi connectivity index (χ4v) is 2.17. The molecule has 0 aliphatic carbocycles. The van der Waals surface area contributed by atoms with E-state index in [1.54, 1.807) is 7.11 Å². The van der Waals surface area contributed by atoms with Crippen molar-refractivity contribution >= 4 is 10.8 Å². The first-order valence-corrected chi connectivity index (χ1v) is 5.33. The zero-order valence-electron chi connectivity index (χ0n) is 9.50. The Morgan fingerprint density at radius 3 is 2.40 bits per heavy atom. The van der Waals surface area contributed by atoms with Crippen LogP contribution < -0.4 is 4.74 Å². The second kappa shape index (κ2) is 3.93. The summed E-state index contributed by atoms with van der Waals surface area (Å²) in [6.45, 7) is 4.34. The smallest absolute Gasteiger partial charge is 0.126 e. The highest BCUT2D eigenvalue weighted by atomic mass is 16.5. The van der Waals surface area contributed by atoms with E-state index in [2.05, 4.69) is 44.2 Å². The summed E-state index contributed by atoms with van der Waals surface area (Å²) in [5.74, 6) is 0.973. The third kappa shape index (κ3) is 1.58. The van der Waals surface area contributed by atoms with Crippen LogP contribution in [0.4, 0.5) is 0 Å². The lowest BCUT2D eigenvalue weighted by atomic mass is 9.97. The Bertz CT molecular complexity index is 486. The number of ether oxygens (including phenoxy) is 1. The molecule has 0 saturated heterocycles. The zero-order chi connectivity index (χ0) is 10.8. The van der Waals surface area contributed by atoms with Gasteiger partial charge in [0.05, 0.1) is 7.11 Å². The van der Waals surface area contributed by atoms with Crippen molar-refractivity contribution < 1.29 is 4.74 Å². The Balaban J connectivity index is 2.86. The molecule has 0 bridgehead atoms. The molecule has 2 aromatic carbocycles. The topological polar surface area (TPSA) is 9.23 Å². The molecule has 1 nitrogen and oxygen atoms in total. The van der Waals surface area contributed by atoms with Crippen LogP contribution in [0.25, 0.3) is 10.8 Å². The molecule has 0 atom stereocenters. The van der Waals surface area contributed by atoms with Crippen LogP contribution in [0.1, 0.15) is 18.1 Å². The van der Waals surface area contributed by atoms with Crippen LogP contribution in [0.2, 0.25) is 0 Å². The monoisotopic (exact) mass is 200 g/mol. The van der Waals surface area contributed by atoms with Crippen molar-refractivity contribution in [3.63, 3.8) is 0 Å². The molecular weight excluding hydrogens is 184 g/mol. The summed E-state index contributed by atoms with van der Waals surface area (Å²) in [6, 6.07) is 10.6. The first kappa shape index (κ1) is 10.0. The van der Waals surface area contributed by atoms with Gasteiger partial charge in [-0.1, -0.05) is 31.2 Å². The molecule has 0 aliphatic heterocycles. The van der Waals surface area contributed by atoms with Gasteiger partial charge in [0.2, 0.25) is 0 Å². The third-order valence-corrected chi connectivity index (χ3v) is 2.91. The maximum atomic E-state index is 5.41. The van der Waals surface area contributed by atoms with E-state index in [0.29, 0.717) is 0 Å². The zero-order valence-corrected chi connectivity index (χ0v) is 9.50. The molecule has 0 heterocycles. The summed E-state index contributed by atoms with van der Waals surface area (Å²) in [6.07, 6.45) is 1.07. The first-order valence-electron chi connectivity index (χ1n) is 5.33. The molecule has 1 heteroatoms. The van der Waals surface area contributed by atoms with Gasteiger partial charge in [-0.15, -0.1) is 0 Å². The van der Waals surface area contributed by atoms with Crippen molar-refractivity contribution in [3.8, 4) is 5.75 Å². The van der Waals surface area contributed by atoms with Crippen LogP contribution in [-0.2, 0) is 6.42 Å². The molecule has 0 fully saturated rings. The average molecular weight is 200 g/mol. The van der Waals surface area contributed by atoms with Gasteiger partial charge in [0.25, 0.3) is 0 Å². The van der Waals surface area contributed by atoms with Gasteiger partial charge in [-0.3, -0.25) is 0 Å². The molecular formula is C14H16O. The summed E-state index contributed by atoms with van der Waals surface area (Å²) >= 11 is 0. The van der Waals surface area contributed by atoms with Crippen molar-refractivity contribution in [2.75, 3.05) is 7.11 Å². The quantitative estimate of drug-likeness (QED) is 0.718. The van der Waals surface area contributed by atoms with Gasteiger partial charge in [0.15, 0.2) is 0 Å². The summed E-state index contributed by atoms with van der Waals surface area (Å²) in [4.78, 5) is 0. The highest BCUT2D eigenvalue weighted by Gasteiger charge is 2.07. The van der Waals surface area contributed by atoms with Crippen molar-refractivity contribution in [1.82, 2.24) is 0 Å². The minimum Gasteiger partial charge on any atom is -0.496 e. The molecule has 0 radical (unpaired) electrons. The van der Waals surface area contributed by atoms with Crippen LogP contribution in [0.15, 0.2) is 30.3 Å². The van der Waals surface area contributed by atoms with E-state index in [0.717, 1.165) is 12.2 Å². The van der Waals surface area contributed by atoms with Gasteiger partial charge in [-0.05, 0) is 35.9 Å². The van der Waals surface area contributed by atoms with Crippen molar-refractivity contribution in [1.29, 1.82) is 0 Å². The molecule has 0 N–H and O–H groups in total. The maximum Gasteiger partial charge on any atom is 0.126 e. The Morgan fingerprint density at radius 1 is 1.13 bits per heavy atom. The lowest BCUT2D eigenvalue weighted by molar-refractivity contribution is 0.419. The van der Waals surface area contributed by atoms with Crippen molar-refractivity contribution in [2.24, 2.45) is 0 Å². The predicted octanol–water partition coefficient (Wildman–Crippen LogP) is 3.72. The Labute approximate surface area is 90.7 Å². The average Bonchev–Trinajstić information content (AvgIpc) is 2.28. The molecule has 0 saturated carbocycles. The standard InChI is InChI=1S/C14H16O/c1-4-11-10(2)9-14(15-3)13-8-6-5-7-12(11)13/h5-9H,4H2,1-3H3. The van der Waals surface area contributed by atoms with Crippen molar-refractivity contribution in [3.05, 3.63) is 41.5 Å². The second-order valence-corrected chi connectivity index (χ2v) is 3.77. The van der Waals surface area contributed by atoms with Gasteiger partial charge in [0.1, 0.15) is 5.75 Å². The predicted molar refractivity (Wildman–Crippen MR) is 64.6 cm³/mol. The highest BCUT2D eigenvalue weighted by Crippen LogP contribution is 2.31. The largest absolute Gasteiger partial charge is 0.496 e. The van der Waals surface area contributed by atoms with E-state index in [1.807, 2.05) is 0 Å². The molecule has 0 unspecified atom stereocenters.